The van der Waals surface area contributed by atoms with Gasteiger partial charge in [-0.25, -0.2) is 0 Å². The minimum atomic E-state index is 0.0315. The molecule has 1 aliphatic heterocycles. The maximum atomic E-state index is 7.47. The summed E-state index contributed by atoms with van der Waals surface area (Å²) in [5.74, 6) is 0.0315. The van der Waals surface area contributed by atoms with E-state index < -0.39 is 0 Å². The number of hydrogen-bond donors (Lipinski definition) is 2. The maximum absolute atomic E-state index is 7.47. The summed E-state index contributed by atoms with van der Waals surface area (Å²) in [6.07, 6.45) is 2.77. The van der Waals surface area contributed by atoms with Crippen LogP contribution in [0.4, 0.5) is 0 Å². The van der Waals surface area contributed by atoms with Gasteiger partial charge in [-0.2, -0.15) is 5.10 Å². The number of ether oxygens (including phenoxy) is 1. The van der Waals surface area contributed by atoms with Crippen molar-refractivity contribution in [2.45, 2.75) is 29.7 Å². The zero-order chi connectivity index (χ0) is 11.5. The number of nitrogens with two attached hydrogens (primary N) is 1. The predicted octanol–water partition coefficient (Wildman–Crippen LogP) is 1.03. The average Bonchev–Trinajstić information content (AvgIpc) is 2.65. The van der Waals surface area contributed by atoms with E-state index in [0.717, 1.165) is 18.1 Å². The molecule has 86 valence electrons. The monoisotopic (exact) mass is 238 g/mol. The van der Waals surface area contributed by atoms with E-state index >= 15 is 0 Å². The zero-order valence-electron chi connectivity index (χ0n) is 9.01. The first-order valence-electron chi connectivity index (χ1n) is 5.13. The fourth-order valence-electron chi connectivity index (χ4n) is 1.62. The fraction of sp³-hybridized carbons (Fsp3) is 0.500. The lowest BCUT2D eigenvalue weighted by atomic mass is 10.3. The first-order chi connectivity index (χ1) is 7.68. The topological polar surface area (TPSA) is 84.9 Å². The van der Waals surface area contributed by atoms with Crippen LogP contribution in [0.5, 0.6) is 0 Å². The predicted molar refractivity (Wildman–Crippen MR) is 62.7 cm³/mol. The van der Waals surface area contributed by atoms with E-state index in [2.05, 4.69) is 17.1 Å². The quantitative estimate of drug-likeness (QED) is 0.607. The molecule has 1 aromatic heterocycles. The molecule has 0 amide bonds. The summed E-state index contributed by atoms with van der Waals surface area (Å²) < 4.78 is 5.48. The summed E-state index contributed by atoms with van der Waals surface area (Å²) in [4.78, 5) is 0. The number of aromatic nitrogens is 2. The third-order valence-corrected chi connectivity index (χ3v) is 3.99. The molecule has 2 atom stereocenters. The van der Waals surface area contributed by atoms with Gasteiger partial charge in [-0.3, -0.25) is 5.41 Å². The van der Waals surface area contributed by atoms with Gasteiger partial charge in [0.2, 0.25) is 0 Å². The van der Waals surface area contributed by atoms with Crippen LogP contribution in [0, 0.1) is 5.41 Å². The highest BCUT2D eigenvalue weighted by atomic mass is 32.2. The molecule has 1 saturated heterocycles. The number of nitrogen functional groups attached to an aromatic ring is 1. The first kappa shape index (κ1) is 11.3. The lowest BCUT2D eigenvalue weighted by Gasteiger charge is -2.13. The molecule has 1 fully saturated rings. The molecule has 2 rings (SSSR count). The number of amidine groups is 1. The highest BCUT2D eigenvalue weighted by molar-refractivity contribution is 8.00. The number of nitrogens with zero attached hydrogens (tertiary/aromatic N) is 2. The molecular weight excluding hydrogens is 224 g/mol. The van der Waals surface area contributed by atoms with Gasteiger partial charge >= 0.3 is 0 Å². The lowest BCUT2D eigenvalue weighted by Crippen LogP contribution is -2.17. The van der Waals surface area contributed by atoms with Crippen LogP contribution in [0.25, 0.3) is 0 Å². The van der Waals surface area contributed by atoms with Gasteiger partial charge in [-0.15, -0.1) is 5.10 Å². The van der Waals surface area contributed by atoms with Gasteiger partial charge < -0.3 is 10.5 Å². The van der Waals surface area contributed by atoms with E-state index in [1.165, 1.54) is 0 Å². The summed E-state index contributed by atoms with van der Waals surface area (Å²) >= 11 is 1.59. The third kappa shape index (κ3) is 2.33. The second-order valence-corrected chi connectivity index (χ2v) is 4.91. The zero-order valence-corrected chi connectivity index (χ0v) is 9.83. The minimum absolute atomic E-state index is 0.0315. The second-order valence-electron chi connectivity index (χ2n) is 3.68. The summed E-state index contributed by atoms with van der Waals surface area (Å²) in [7, 11) is 0. The largest absolute Gasteiger partial charge is 0.384 e. The Labute approximate surface area is 98.3 Å². The van der Waals surface area contributed by atoms with Gasteiger partial charge in [0.15, 0.2) is 0 Å². The molecular formula is C10H14N4OS. The van der Waals surface area contributed by atoms with Crippen molar-refractivity contribution >= 4 is 17.6 Å². The van der Waals surface area contributed by atoms with Gasteiger partial charge in [0.25, 0.3) is 0 Å². The summed E-state index contributed by atoms with van der Waals surface area (Å²) in [6.45, 7) is 2.84. The molecule has 0 aliphatic carbocycles. The maximum Gasteiger partial charge on any atom is 0.130 e. The number of rotatable bonds is 3. The minimum Gasteiger partial charge on any atom is -0.384 e. The van der Waals surface area contributed by atoms with Gasteiger partial charge in [0.05, 0.1) is 17.9 Å². The molecule has 3 N–H and O–H groups in total. The number of nitrogens with one attached hydrogen (secondary N) is 1. The Morgan fingerprint density at radius 2 is 2.50 bits per heavy atom. The lowest BCUT2D eigenvalue weighted by molar-refractivity contribution is 0.127. The van der Waals surface area contributed by atoms with Crippen LogP contribution >= 0.6 is 11.8 Å². The molecule has 16 heavy (non-hydrogen) atoms. The molecule has 2 unspecified atom stereocenters. The van der Waals surface area contributed by atoms with Crippen LogP contribution in [0.3, 0.4) is 0 Å². The Morgan fingerprint density at radius 3 is 3.12 bits per heavy atom. The van der Waals surface area contributed by atoms with E-state index in [1.807, 2.05) is 0 Å². The Morgan fingerprint density at radius 1 is 1.69 bits per heavy atom. The van der Waals surface area contributed by atoms with Crippen molar-refractivity contribution in [1.29, 1.82) is 5.41 Å². The molecule has 1 aromatic rings. The fourth-order valence-corrected chi connectivity index (χ4v) is 2.79. The molecule has 0 saturated carbocycles. The van der Waals surface area contributed by atoms with Gasteiger partial charge in [0, 0.05) is 11.9 Å². The Hall–Kier alpha value is -1.14. The van der Waals surface area contributed by atoms with Crippen molar-refractivity contribution < 1.29 is 4.74 Å². The summed E-state index contributed by atoms with van der Waals surface area (Å²) in [5.41, 5.74) is 6.15. The van der Waals surface area contributed by atoms with Crippen LogP contribution in [-0.4, -0.2) is 34.0 Å². The van der Waals surface area contributed by atoms with Crippen LogP contribution in [0.15, 0.2) is 17.3 Å². The molecule has 5 nitrogen and oxygen atoms in total. The van der Waals surface area contributed by atoms with Crippen LogP contribution in [0.1, 0.15) is 18.9 Å². The van der Waals surface area contributed by atoms with Gasteiger partial charge in [-0.05, 0) is 19.4 Å². The Kier molecular flexibility index (Phi) is 3.40. The summed E-state index contributed by atoms with van der Waals surface area (Å²) in [5, 5.41) is 16.4. The van der Waals surface area contributed by atoms with Crippen molar-refractivity contribution in [2.24, 2.45) is 5.73 Å². The van der Waals surface area contributed by atoms with E-state index in [-0.39, 0.29) is 11.9 Å². The van der Waals surface area contributed by atoms with E-state index in [1.54, 1.807) is 24.0 Å². The van der Waals surface area contributed by atoms with Gasteiger partial charge in [-0.1, -0.05) is 11.8 Å². The van der Waals surface area contributed by atoms with E-state index in [9.17, 15) is 0 Å². The van der Waals surface area contributed by atoms with Crippen molar-refractivity contribution in [2.75, 3.05) is 6.61 Å². The average molecular weight is 238 g/mol. The molecule has 2 heterocycles. The normalized spacial score (nSPS) is 24.6. The van der Waals surface area contributed by atoms with Crippen LogP contribution in [-0.2, 0) is 4.74 Å². The van der Waals surface area contributed by atoms with Crippen molar-refractivity contribution in [1.82, 2.24) is 10.2 Å². The second kappa shape index (κ2) is 4.80. The van der Waals surface area contributed by atoms with Crippen molar-refractivity contribution in [3.63, 3.8) is 0 Å². The smallest absolute Gasteiger partial charge is 0.130 e. The standard InChI is InChI=1S/C10H14N4OS/c1-6-8(3-5-15-6)16-10-7(9(11)12)2-4-13-14-10/h2,4,6,8H,3,5H2,1H3,(H3,11,12). The molecule has 0 spiro atoms. The van der Waals surface area contributed by atoms with Crippen LogP contribution in [0.2, 0.25) is 0 Å². The molecule has 0 radical (unpaired) electrons. The number of hydrogen-bond acceptors (Lipinski definition) is 5. The van der Waals surface area contributed by atoms with Crippen molar-refractivity contribution in [3.05, 3.63) is 17.8 Å². The molecule has 0 aromatic carbocycles. The number of thioether (sulfide) groups is 1. The molecule has 6 heteroatoms. The third-order valence-electron chi connectivity index (χ3n) is 2.55. The summed E-state index contributed by atoms with van der Waals surface area (Å²) in [6, 6.07) is 1.72. The highest BCUT2D eigenvalue weighted by Crippen LogP contribution is 2.32. The van der Waals surface area contributed by atoms with Crippen molar-refractivity contribution in [3.8, 4) is 0 Å². The molecule has 0 bridgehead atoms. The van der Waals surface area contributed by atoms with Gasteiger partial charge in [0.1, 0.15) is 10.9 Å². The molecule has 1 aliphatic rings. The Balaban J connectivity index is 2.17. The highest BCUT2D eigenvalue weighted by Gasteiger charge is 2.26. The Bertz CT molecular complexity index is 398. The first-order valence-corrected chi connectivity index (χ1v) is 6.01. The SMILES string of the molecule is CC1OCCC1Sc1nnccc1C(=N)N. The van der Waals surface area contributed by atoms with Crippen LogP contribution < -0.4 is 5.73 Å². The van der Waals surface area contributed by atoms with E-state index in [4.69, 9.17) is 15.9 Å². The van der Waals surface area contributed by atoms with E-state index in [0.29, 0.717) is 10.8 Å².